The Kier molecular flexibility index (Phi) is 3.84. The van der Waals surface area contributed by atoms with Gasteiger partial charge in [0.15, 0.2) is 0 Å². The summed E-state index contributed by atoms with van der Waals surface area (Å²) in [5, 5.41) is 14.4. The van der Waals surface area contributed by atoms with Gasteiger partial charge in [0.05, 0.1) is 16.2 Å². The molecule has 0 aromatic carbocycles. The van der Waals surface area contributed by atoms with Crippen molar-refractivity contribution in [1.29, 1.82) is 0 Å². The molecule has 4 nitrogen and oxygen atoms in total. The van der Waals surface area contributed by atoms with Gasteiger partial charge in [-0.3, -0.25) is 5.32 Å². The Morgan fingerprint density at radius 3 is 2.41 bits per heavy atom. The van der Waals surface area contributed by atoms with Crippen molar-refractivity contribution >= 4 is 23.1 Å². The second kappa shape index (κ2) is 4.66. The number of carbonyl (C=O) groups excluding carboxylic acids is 1. The lowest BCUT2D eigenvalue weighted by atomic mass is 10.1. The smallest absolute Gasteiger partial charge is 0.412 e. The summed E-state index contributed by atoms with van der Waals surface area (Å²) in [4.78, 5) is 12.3. The van der Waals surface area contributed by atoms with E-state index < -0.39 is 17.3 Å². The van der Waals surface area contributed by atoms with E-state index in [0.29, 0.717) is 10.6 Å². The molecule has 0 fully saturated rings. The Morgan fingerprint density at radius 1 is 1.35 bits per heavy atom. The first-order valence-corrected chi connectivity index (χ1v) is 6.28. The lowest BCUT2D eigenvalue weighted by Gasteiger charge is -2.21. The number of nitrogens with one attached hydrogen (secondary N) is 1. The molecule has 0 atom stereocenters. The number of ether oxygens (including phenoxy) is 1. The number of thiophene rings is 1. The maximum atomic E-state index is 11.6. The Bertz CT molecular complexity index is 399. The van der Waals surface area contributed by atoms with Gasteiger partial charge < -0.3 is 9.84 Å². The fraction of sp³-hybridized carbons (Fsp3) is 0.583. The van der Waals surface area contributed by atoms with E-state index in [4.69, 9.17) is 4.74 Å². The molecule has 1 heterocycles. The Hall–Kier alpha value is -1.07. The average molecular weight is 257 g/mol. The molecule has 0 spiro atoms. The molecule has 0 saturated heterocycles. The monoisotopic (exact) mass is 257 g/mol. The zero-order valence-corrected chi connectivity index (χ0v) is 11.6. The second-order valence-corrected chi connectivity index (χ2v) is 6.27. The first-order chi connectivity index (χ1) is 7.59. The highest BCUT2D eigenvalue weighted by Crippen LogP contribution is 2.33. The van der Waals surface area contributed by atoms with Gasteiger partial charge in [-0.25, -0.2) is 4.79 Å². The molecule has 96 valence electrons. The van der Waals surface area contributed by atoms with E-state index in [-0.39, 0.29) is 0 Å². The van der Waals surface area contributed by atoms with Gasteiger partial charge in [-0.2, -0.15) is 0 Å². The third-order valence-corrected chi connectivity index (χ3v) is 3.08. The number of hydrogen-bond donors (Lipinski definition) is 2. The molecule has 0 bridgehead atoms. The predicted octanol–water partition coefficient (Wildman–Crippen LogP) is 3.32. The first-order valence-electron chi connectivity index (χ1n) is 5.40. The summed E-state index contributed by atoms with van der Waals surface area (Å²) in [6.07, 6.45) is -0.513. The van der Waals surface area contributed by atoms with Gasteiger partial charge >= 0.3 is 6.09 Å². The van der Waals surface area contributed by atoms with Crippen molar-refractivity contribution in [2.45, 2.75) is 45.8 Å². The van der Waals surface area contributed by atoms with Crippen LogP contribution in [0.15, 0.2) is 11.4 Å². The van der Waals surface area contributed by atoms with Gasteiger partial charge in [-0.05, 0) is 46.1 Å². The van der Waals surface area contributed by atoms with Crippen molar-refractivity contribution in [3.05, 3.63) is 16.3 Å². The van der Waals surface area contributed by atoms with Gasteiger partial charge in [0, 0.05) is 0 Å². The summed E-state index contributed by atoms with van der Waals surface area (Å²) in [7, 11) is 0. The zero-order chi connectivity index (χ0) is 13.3. The fourth-order valence-electron chi connectivity index (χ4n) is 1.30. The fourth-order valence-corrected chi connectivity index (χ4v) is 2.17. The molecular weight excluding hydrogens is 238 g/mol. The van der Waals surface area contributed by atoms with Crippen LogP contribution >= 0.6 is 11.3 Å². The van der Waals surface area contributed by atoms with Gasteiger partial charge in [-0.15, -0.1) is 11.3 Å². The molecule has 1 aromatic heterocycles. The molecule has 17 heavy (non-hydrogen) atoms. The summed E-state index contributed by atoms with van der Waals surface area (Å²) in [5.41, 5.74) is -0.912. The topological polar surface area (TPSA) is 58.6 Å². The lowest BCUT2D eigenvalue weighted by molar-refractivity contribution is 0.0633. The van der Waals surface area contributed by atoms with Crippen LogP contribution in [-0.2, 0) is 10.3 Å². The second-order valence-electron chi connectivity index (χ2n) is 5.35. The molecule has 2 N–H and O–H groups in total. The van der Waals surface area contributed by atoms with Crippen LogP contribution in [0.5, 0.6) is 0 Å². The third-order valence-electron chi connectivity index (χ3n) is 1.86. The normalized spacial score (nSPS) is 12.4. The molecule has 5 heteroatoms. The minimum atomic E-state index is -0.974. The number of anilines is 1. The van der Waals surface area contributed by atoms with Crippen LogP contribution in [0.3, 0.4) is 0 Å². The number of aliphatic hydroxyl groups is 1. The van der Waals surface area contributed by atoms with Crippen molar-refractivity contribution in [3.63, 3.8) is 0 Å². The molecule has 1 amide bonds. The molecule has 0 aliphatic carbocycles. The van der Waals surface area contributed by atoms with Crippen LogP contribution in [0.4, 0.5) is 10.5 Å². The van der Waals surface area contributed by atoms with E-state index >= 15 is 0 Å². The van der Waals surface area contributed by atoms with Crippen LogP contribution in [0.25, 0.3) is 0 Å². The van der Waals surface area contributed by atoms with Crippen LogP contribution in [0.1, 0.15) is 39.5 Å². The standard InChI is InChI=1S/C12H19NO3S/c1-11(2,3)16-10(14)13-8-6-7-17-9(8)12(4,5)15/h6-7,15H,1-5H3,(H,13,14). The summed E-state index contributed by atoms with van der Waals surface area (Å²) >= 11 is 1.40. The third kappa shape index (κ3) is 4.36. The molecule has 0 aliphatic rings. The molecular formula is C12H19NO3S. The number of amides is 1. The van der Waals surface area contributed by atoms with E-state index in [1.807, 2.05) is 5.38 Å². The van der Waals surface area contributed by atoms with Crippen molar-refractivity contribution in [3.8, 4) is 0 Å². The lowest BCUT2D eigenvalue weighted by Crippen LogP contribution is -2.28. The minimum absolute atomic E-state index is 0.513. The number of hydrogen-bond acceptors (Lipinski definition) is 4. The molecule has 0 saturated carbocycles. The predicted molar refractivity (Wildman–Crippen MR) is 69.4 cm³/mol. The molecule has 1 aromatic rings. The van der Waals surface area contributed by atoms with Gasteiger partial charge in [0.25, 0.3) is 0 Å². The summed E-state index contributed by atoms with van der Waals surface area (Å²) in [6.45, 7) is 8.77. The SMILES string of the molecule is CC(C)(C)OC(=O)Nc1ccsc1C(C)(C)O. The van der Waals surface area contributed by atoms with E-state index in [9.17, 15) is 9.90 Å². The Labute approximate surface area is 106 Å². The summed E-state index contributed by atoms with van der Waals surface area (Å²) in [6, 6.07) is 1.75. The van der Waals surface area contributed by atoms with E-state index in [1.165, 1.54) is 11.3 Å². The molecule has 0 aliphatic heterocycles. The number of rotatable bonds is 2. The van der Waals surface area contributed by atoms with Crippen LogP contribution in [-0.4, -0.2) is 16.8 Å². The van der Waals surface area contributed by atoms with E-state index in [0.717, 1.165) is 0 Å². The highest BCUT2D eigenvalue weighted by Gasteiger charge is 2.24. The van der Waals surface area contributed by atoms with E-state index in [2.05, 4.69) is 5.32 Å². The zero-order valence-electron chi connectivity index (χ0n) is 10.8. The number of carbonyl (C=O) groups is 1. The minimum Gasteiger partial charge on any atom is -0.444 e. The van der Waals surface area contributed by atoms with Crippen LogP contribution in [0.2, 0.25) is 0 Å². The van der Waals surface area contributed by atoms with Gasteiger partial charge in [-0.1, -0.05) is 0 Å². The first kappa shape index (κ1) is 14.0. The maximum Gasteiger partial charge on any atom is 0.412 e. The van der Waals surface area contributed by atoms with Gasteiger partial charge in [0.1, 0.15) is 5.60 Å². The van der Waals surface area contributed by atoms with Crippen molar-refractivity contribution in [2.24, 2.45) is 0 Å². The highest BCUT2D eigenvalue weighted by atomic mass is 32.1. The van der Waals surface area contributed by atoms with Crippen molar-refractivity contribution < 1.29 is 14.6 Å². The van der Waals surface area contributed by atoms with Crippen molar-refractivity contribution in [1.82, 2.24) is 0 Å². The Balaban J connectivity index is 2.77. The van der Waals surface area contributed by atoms with Crippen LogP contribution in [0, 0.1) is 0 Å². The van der Waals surface area contributed by atoms with Gasteiger partial charge in [0.2, 0.25) is 0 Å². The quantitative estimate of drug-likeness (QED) is 0.854. The summed E-state index contributed by atoms with van der Waals surface area (Å²) < 4.78 is 5.15. The average Bonchev–Trinajstić information content (AvgIpc) is 2.46. The maximum absolute atomic E-state index is 11.6. The molecule has 0 unspecified atom stereocenters. The summed E-state index contributed by atoms with van der Waals surface area (Å²) in [5.74, 6) is 0. The molecule has 1 rings (SSSR count). The largest absolute Gasteiger partial charge is 0.444 e. The highest BCUT2D eigenvalue weighted by molar-refractivity contribution is 7.10. The van der Waals surface area contributed by atoms with Crippen LogP contribution < -0.4 is 5.32 Å². The van der Waals surface area contributed by atoms with E-state index in [1.54, 1.807) is 40.7 Å². The van der Waals surface area contributed by atoms with Crippen molar-refractivity contribution in [2.75, 3.05) is 5.32 Å². The Morgan fingerprint density at radius 2 is 1.94 bits per heavy atom. The molecule has 0 radical (unpaired) electrons.